The minimum absolute atomic E-state index is 0.142. The summed E-state index contributed by atoms with van der Waals surface area (Å²) < 4.78 is 11.3. The fraction of sp³-hybridized carbons (Fsp3) is 0.235. The smallest absolute Gasteiger partial charge is 0.261 e. The number of hydrogen-bond donors (Lipinski definition) is 2. The SMILES string of the molecule is COc1ccc(C[C@]2(O)C(=O)Nc3ccc(Br)cc32)cc1OC. The van der Waals surface area contributed by atoms with Gasteiger partial charge in [-0.25, -0.2) is 0 Å². The molecule has 6 heteroatoms. The summed E-state index contributed by atoms with van der Waals surface area (Å²) in [6.45, 7) is 0. The van der Waals surface area contributed by atoms with Gasteiger partial charge >= 0.3 is 0 Å². The lowest BCUT2D eigenvalue weighted by Gasteiger charge is -2.21. The zero-order chi connectivity index (χ0) is 16.6. The van der Waals surface area contributed by atoms with E-state index >= 15 is 0 Å². The Labute approximate surface area is 142 Å². The van der Waals surface area contributed by atoms with Crippen molar-refractivity contribution in [1.29, 1.82) is 0 Å². The summed E-state index contributed by atoms with van der Waals surface area (Å²) in [6, 6.07) is 10.7. The van der Waals surface area contributed by atoms with Crippen molar-refractivity contribution in [2.75, 3.05) is 19.5 Å². The summed E-state index contributed by atoms with van der Waals surface area (Å²) in [5, 5.41) is 13.7. The van der Waals surface area contributed by atoms with E-state index in [0.717, 1.165) is 10.0 Å². The highest BCUT2D eigenvalue weighted by molar-refractivity contribution is 9.10. The van der Waals surface area contributed by atoms with E-state index in [0.29, 0.717) is 22.7 Å². The number of benzene rings is 2. The molecule has 0 bridgehead atoms. The van der Waals surface area contributed by atoms with Gasteiger partial charge in [-0.05, 0) is 35.9 Å². The first kappa shape index (κ1) is 15.8. The molecular formula is C17H16BrNO4. The highest BCUT2D eigenvalue weighted by Gasteiger charge is 2.45. The summed E-state index contributed by atoms with van der Waals surface area (Å²) >= 11 is 3.38. The molecule has 0 fully saturated rings. The van der Waals surface area contributed by atoms with Crippen molar-refractivity contribution in [3.05, 3.63) is 52.0 Å². The number of carbonyl (C=O) groups is 1. The summed E-state index contributed by atoms with van der Waals surface area (Å²) in [6.07, 6.45) is 0.142. The highest BCUT2D eigenvalue weighted by atomic mass is 79.9. The van der Waals surface area contributed by atoms with Crippen LogP contribution in [0.25, 0.3) is 0 Å². The maximum Gasteiger partial charge on any atom is 0.261 e. The van der Waals surface area contributed by atoms with Gasteiger partial charge < -0.3 is 19.9 Å². The molecule has 0 saturated heterocycles. The molecule has 0 radical (unpaired) electrons. The minimum Gasteiger partial charge on any atom is -0.493 e. The Balaban J connectivity index is 1.99. The number of methoxy groups -OCH3 is 2. The molecule has 1 aliphatic rings. The van der Waals surface area contributed by atoms with Crippen LogP contribution in [0.3, 0.4) is 0 Å². The molecule has 0 spiro atoms. The molecule has 2 aromatic carbocycles. The minimum atomic E-state index is -1.61. The van der Waals surface area contributed by atoms with E-state index in [2.05, 4.69) is 21.2 Å². The van der Waals surface area contributed by atoms with Gasteiger partial charge in [0.2, 0.25) is 0 Å². The predicted molar refractivity (Wildman–Crippen MR) is 89.9 cm³/mol. The summed E-state index contributed by atoms with van der Waals surface area (Å²) in [5.41, 5.74) is 0.347. The zero-order valence-corrected chi connectivity index (χ0v) is 14.3. The quantitative estimate of drug-likeness (QED) is 0.859. The molecule has 2 aromatic rings. The Morgan fingerprint density at radius 1 is 1.13 bits per heavy atom. The third kappa shape index (κ3) is 2.68. The van der Waals surface area contributed by atoms with Gasteiger partial charge in [0.05, 0.1) is 14.2 Å². The van der Waals surface area contributed by atoms with Gasteiger partial charge in [0.25, 0.3) is 5.91 Å². The summed E-state index contributed by atoms with van der Waals surface area (Å²) in [4.78, 5) is 12.3. The Hall–Kier alpha value is -2.05. The number of anilines is 1. The van der Waals surface area contributed by atoms with Gasteiger partial charge in [0.15, 0.2) is 17.1 Å². The van der Waals surface area contributed by atoms with Crippen LogP contribution in [0.15, 0.2) is 40.9 Å². The number of hydrogen-bond acceptors (Lipinski definition) is 4. The second-order valence-corrected chi connectivity index (χ2v) is 6.29. The van der Waals surface area contributed by atoms with Crippen molar-refractivity contribution >= 4 is 27.5 Å². The molecule has 1 heterocycles. The first-order chi connectivity index (χ1) is 11.0. The molecule has 1 amide bonds. The summed E-state index contributed by atoms with van der Waals surface area (Å²) in [5.74, 6) is 0.726. The molecule has 0 saturated carbocycles. The molecular weight excluding hydrogens is 362 g/mol. The molecule has 120 valence electrons. The topological polar surface area (TPSA) is 67.8 Å². The second kappa shape index (κ2) is 5.86. The van der Waals surface area contributed by atoms with Crippen LogP contribution in [0, 0.1) is 0 Å². The van der Waals surface area contributed by atoms with E-state index < -0.39 is 11.5 Å². The van der Waals surface area contributed by atoms with Crippen LogP contribution in [-0.4, -0.2) is 25.2 Å². The van der Waals surface area contributed by atoms with Gasteiger partial charge in [0.1, 0.15) is 0 Å². The molecule has 1 aliphatic heterocycles. The number of aliphatic hydroxyl groups is 1. The van der Waals surface area contributed by atoms with Crippen LogP contribution in [-0.2, 0) is 16.8 Å². The van der Waals surface area contributed by atoms with Gasteiger partial charge in [-0.15, -0.1) is 0 Å². The Morgan fingerprint density at radius 2 is 1.87 bits per heavy atom. The van der Waals surface area contributed by atoms with Crippen molar-refractivity contribution < 1.29 is 19.4 Å². The fourth-order valence-electron chi connectivity index (χ4n) is 2.78. The van der Waals surface area contributed by atoms with Gasteiger partial charge in [-0.2, -0.15) is 0 Å². The molecule has 1 atom stereocenters. The van der Waals surface area contributed by atoms with Crippen LogP contribution < -0.4 is 14.8 Å². The normalized spacial score (nSPS) is 19.2. The monoisotopic (exact) mass is 377 g/mol. The summed E-state index contributed by atoms with van der Waals surface area (Å²) in [7, 11) is 3.11. The Kier molecular flexibility index (Phi) is 4.04. The van der Waals surface area contributed by atoms with Crippen molar-refractivity contribution in [2.24, 2.45) is 0 Å². The number of ether oxygens (including phenoxy) is 2. The largest absolute Gasteiger partial charge is 0.493 e. The van der Waals surface area contributed by atoms with Gasteiger partial charge in [-0.1, -0.05) is 22.0 Å². The Bertz CT molecular complexity index is 777. The standard InChI is InChI=1S/C17H16BrNO4/c1-22-14-6-3-10(7-15(14)23-2)9-17(21)12-8-11(18)4-5-13(12)19-16(17)20/h3-8,21H,9H2,1-2H3,(H,19,20)/t17-/m1/s1. The first-order valence-corrected chi connectivity index (χ1v) is 7.82. The van der Waals surface area contributed by atoms with Gasteiger partial charge in [0, 0.05) is 22.1 Å². The average Bonchev–Trinajstić information content (AvgIpc) is 2.78. The van der Waals surface area contributed by atoms with Crippen LogP contribution in [0.4, 0.5) is 5.69 Å². The van der Waals surface area contributed by atoms with Crippen LogP contribution in [0.1, 0.15) is 11.1 Å². The van der Waals surface area contributed by atoms with E-state index in [1.165, 1.54) is 0 Å². The van der Waals surface area contributed by atoms with Crippen molar-refractivity contribution in [3.8, 4) is 11.5 Å². The van der Waals surface area contributed by atoms with Crippen LogP contribution in [0.5, 0.6) is 11.5 Å². The van der Waals surface area contributed by atoms with E-state index in [1.54, 1.807) is 38.5 Å². The molecule has 3 rings (SSSR count). The van der Waals surface area contributed by atoms with E-state index in [9.17, 15) is 9.90 Å². The first-order valence-electron chi connectivity index (χ1n) is 7.02. The van der Waals surface area contributed by atoms with Crippen LogP contribution >= 0.6 is 15.9 Å². The number of amides is 1. The number of fused-ring (bicyclic) bond motifs is 1. The average molecular weight is 378 g/mol. The van der Waals surface area contributed by atoms with Crippen molar-refractivity contribution in [2.45, 2.75) is 12.0 Å². The predicted octanol–water partition coefficient (Wildman–Crippen LogP) is 2.85. The lowest BCUT2D eigenvalue weighted by molar-refractivity contribution is -0.133. The lowest BCUT2D eigenvalue weighted by Crippen LogP contribution is -2.36. The third-order valence-electron chi connectivity index (χ3n) is 3.96. The maximum atomic E-state index is 12.3. The molecule has 0 aliphatic carbocycles. The molecule has 5 nitrogen and oxygen atoms in total. The number of halogens is 1. The molecule has 0 unspecified atom stereocenters. The van der Waals surface area contributed by atoms with Crippen LogP contribution in [0.2, 0.25) is 0 Å². The van der Waals surface area contributed by atoms with E-state index in [-0.39, 0.29) is 6.42 Å². The third-order valence-corrected chi connectivity index (χ3v) is 4.45. The van der Waals surface area contributed by atoms with Crippen molar-refractivity contribution in [1.82, 2.24) is 0 Å². The molecule has 2 N–H and O–H groups in total. The maximum absolute atomic E-state index is 12.3. The van der Waals surface area contributed by atoms with Gasteiger partial charge in [-0.3, -0.25) is 4.79 Å². The highest BCUT2D eigenvalue weighted by Crippen LogP contribution is 2.40. The Morgan fingerprint density at radius 3 is 2.57 bits per heavy atom. The second-order valence-electron chi connectivity index (χ2n) is 5.37. The molecule has 0 aromatic heterocycles. The lowest BCUT2D eigenvalue weighted by atomic mass is 9.88. The number of rotatable bonds is 4. The zero-order valence-electron chi connectivity index (χ0n) is 12.7. The number of nitrogens with one attached hydrogen (secondary N) is 1. The number of carbonyl (C=O) groups excluding carboxylic acids is 1. The van der Waals surface area contributed by atoms with E-state index in [1.807, 2.05) is 12.1 Å². The van der Waals surface area contributed by atoms with E-state index in [4.69, 9.17) is 9.47 Å². The van der Waals surface area contributed by atoms with Crippen molar-refractivity contribution in [3.63, 3.8) is 0 Å². The fourth-order valence-corrected chi connectivity index (χ4v) is 3.14. The molecule has 23 heavy (non-hydrogen) atoms.